The molecule has 0 spiro atoms. The third-order valence-electron chi connectivity index (χ3n) is 26.4. The van der Waals surface area contributed by atoms with E-state index in [1.54, 1.807) is 0 Å². The maximum absolute atomic E-state index is 2.45. The summed E-state index contributed by atoms with van der Waals surface area (Å²) in [6, 6.07) is 153. The quantitative estimate of drug-likeness (QED) is 0.105. The van der Waals surface area contributed by atoms with E-state index in [0.717, 1.165) is 0 Å². The predicted octanol–water partition coefficient (Wildman–Crippen LogP) is 32.9. The van der Waals surface area contributed by atoms with E-state index in [-0.39, 0.29) is 10.8 Å². The summed E-state index contributed by atoms with van der Waals surface area (Å²) in [5.41, 5.74) is 30.9. The highest BCUT2D eigenvalue weighted by molar-refractivity contribution is 6.25. The Balaban J connectivity index is 0.000000138. The minimum absolute atomic E-state index is 0.107. The second-order valence-electron chi connectivity index (χ2n) is 33.5. The van der Waals surface area contributed by atoms with E-state index in [1.165, 1.54) is 241 Å². The van der Waals surface area contributed by atoms with Crippen LogP contribution >= 0.6 is 0 Å². The molecular weight excluding hydrogens is 1420 g/mol. The molecule has 0 fully saturated rings. The highest BCUT2D eigenvalue weighted by atomic mass is 14.4. The highest BCUT2D eigenvalue weighted by Crippen LogP contribution is 2.58. The summed E-state index contributed by atoms with van der Waals surface area (Å²) in [5.74, 6) is 0. The van der Waals surface area contributed by atoms with E-state index >= 15 is 0 Å². The van der Waals surface area contributed by atoms with Crippen molar-refractivity contribution in [1.82, 2.24) is 0 Å². The number of hydrogen-bond donors (Lipinski definition) is 0. The van der Waals surface area contributed by atoms with Gasteiger partial charge in [-0.05, 0) is 266 Å². The van der Waals surface area contributed by atoms with E-state index in [0.29, 0.717) is 0 Å². The highest BCUT2D eigenvalue weighted by Gasteiger charge is 2.40. The molecule has 2 aliphatic rings. The van der Waals surface area contributed by atoms with Gasteiger partial charge in [0.05, 0.1) is 0 Å². The molecule has 0 amide bonds. The second kappa shape index (κ2) is 27.0. The molecule has 0 nitrogen and oxygen atoms in total. The van der Waals surface area contributed by atoms with Gasteiger partial charge in [0, 0.05) is 10.8 Å². The van der Waals surface area contributed by atoms with Crippen molar-refractivity contribution in [3.63, 3.8) is 0 Å². The summed E-state index contributed by atoms with van der Waals surface area (Å²) in [5, 5.41) is 25.9. The van der Waals surface area contributed by atoms with Crippen molar-refractivity contribution in [2.24, 2.45) is 0 Å². The molecule has 0 atom stereocenters. The van der Waals surface area contributed by atoms with Gasteiger partial charge in [0.25, 0.3) is 0 Å². The summed E-state index contributed by atoms with van der Waals surface area (Å²) < 4.78 is 0. The molecule has 0 heteroatoms. The Morgan fingerprint density at radius 2 is 0.398 bits per heavy atom. The molecule has 0 aromatic heterocycles. The smallest absolute Gasteiger partial charge is 0.0165 e. The van der Waals surface area contributed by atoms with E-state index in [4.69, 9.17) is 0 Å². The summed E-state index contributed by atoms with van der Waals surface area (Å²) in [6.07, 6.45) is 0. The predicted molar refractivity (Wildman–Crippen MR) is 507 cm³/mol. The Morgan fingerprint density at radius 1 is 0.136 bits per heavy atom. The van der Waals surface area contributed by atoms with Gasteiger partial charge in [0.15, 0.2) is 0 Å². The Hall–Kier alpha value is -14.6. The minimum atomic E-state index is -0.108. The molecule has 0 heterocycles. The van der Waals surface area contributed by atoms with Crippen LogP contribution in [0.5, 0.6) is 0 Å². The number of benzene rings is 22. The third kappa shape index (κ3) is 10.8. The Kier molecular flexibility index (Phi) is 15.8. The summed E-state index contributed by atoms with van der Waals surface area (Å²) in [4.78, 5) is 0. The van der Waals surface area contributed by atoms with Gasteiger partial charge in [-0.3, -0.25) is 0 Å². The molecule has 0 saturated carbocycles. The maximum atomic E-state index is 2.45. The van der Waals surface area contributed by atoms with Crippen LogP contribution in [0.25, 0.3) is 219 Å². The first-order valence-electron chi connectivity index (χ1n) is 41.5. The standard InChI is InChI=1S/2C59H40/c1-59(2)54-35-34-42(36-53(54)57-47-19-7-5-17-45(47)46-18-6-12-24-52(46)58(57)59)37-26-30-40(31-27-37)55-48-20-8-10-22-50(48)56(51-23-11-9-21-49(51)55)41-32-28-39(29-33-41)44-25-13-15-38-14-3-4-16-43(38)44;1-59(2)54-33-32-43(36-53(54)57-47-20-7-5-18-45(47)46-19-6-12-25-52(46)58(57)59)38-26-29-39(30-27-38)55-48-21-8-10-23-50(48)56(51-24-11-9-22-49(51)55)44-17-13-16-41(35-44)42-31-28-37-14-3-4-15-40(37)34-42/h2*3-36H,1-2H3. The normalized spacial score (nSPS) is 13.1. The zero-order valence-electron chi connectivity index (χ0n) is 66.3. The first-order valence-corrected chi connectivity index (χ1v) is 41.5. The Labute approximate surface area is 687 Å². The topological polar surface area (TPSA) is 0 Å². The van der Waals surface area contributed by atoms with Gasteiger partial charge in [-0.1, -0.05) is 416 Å². The van der Waals surface area contributed by atoms with Crippen molar-refractivity contribution in [2.45, 2.75) is 38.5 Å². The van der Waals surface area contributed by atoms with Gasteiger partial charge in [-0.2, -0.15) is 0 Å². The van der Waals surface area contributed by atoms with Crippen LogP contribution in [0.3, 0.4) is 0 Å². The Morgan fingerprint density at radius 3 is 0.814 bits per heavy atom. The molecular formula is C118H80. The molecule has 22 aromatic carbocycles. The van der Waals surface area contributed by atoms with Gasteiger partial charge >= 0.3 is 0 Å². The van der Waals surface area contributed by atoms with Crippen LogP contribution in [0.1, 0.15) is 49.9 Å². The SMILES string of the molecule is CC1(C)c2ccc(-c3ccc(-c4c5ccccc5c(-c5ccc(-c6cccc7ccccc67)cc5)c5ccccc45)cc3)cc2-c2c1c1ccccc1c1ccccc21.CC1(C)c2ccc(-c3ccc(-c4c5ccccc5c(-c5cccc(-c6ccc7ccccc7c6)c5)c5ccccc45)cc3)cc2-c2c1c1ccccc1c1ccccc21. The van der Waals surface area contributed by atoms with Crippen LogP contribution in [-0.2, 0) is 10.8 Å². The molecule has 0 N–H and O–H groups in total. The number of fused-ring (bicyclic) bond motifs is 22. The van der Waals surface area contributed by atoms with Crippen LogP contribution < -0.4 is 0 Å². The van der Waals surface area contributed by atoms with Gasteiger partial charge in [-0.15, -0.1) is 0 Å². The molecule has 0 bridgehead atoms. The second-order valence-corrected chi connectivity index (χ2v) is 33.5. The maximum Gasteiger partial charge on any atom is 0.0165 e. The van der Waals surface area contributed by atoms with Gasteiger partial charge in [0.2, 0.25) is 0 Å². The van der Waals surface area contributed by atoms with Gasteiger partial charge in [-0.25, -0.2) is 0 Å². The first-order chi connectivity index (χ1) is 58.1. The van der Waals surface area contributed by atoms with Crippen LogP contribution in [0, 0.1) is 0 Å². The molecule has 0 unspecified atom stereocenters. The van der Waals surface area contributed by atoms with Crippen LogP contribution in [0.4, 0.5) is 0 Å². The molecule has 0 aliphatic heterocycles. The summed E-state index contributed by atoms with van der Waals surface area (Å²) in [6.45, 7) is 9.59. The Bertz CT molecular complexity index is 7820. The average molecular weight is 1500 g/mol. The van der Waals surface area contributed by atoms with Crippen molar-refractivity contribution < 1.29 is 0 Å². The zero-order valence-corrected chi connectivity index (χ0v) is 66.3. The lowest BCUT2D eigenvalue weighted by Gasteiger charge is -2.24. The fourth-order valence-corrected chi connectivity index (χ4v) is 21.0. The largest absolute Gasteiger partial charge is 0.0616 e. The van der Waals surface area contributed by atoms with Crippen molar-refractivity contribution in [3.05, 3.63) is 435 Å². The minimum Gasteiger partial charge on any atom is -0.0616 e. The lowest BCUT2D eigenvalue weighted by molar-refractivity contribution is 0.666. The van der Waals surface area contributed by atoms with E-state index in [9.17, 15) is 0 Å². The van der Waals surface area contributed by atoms with Crippen LogP contribution in [0.15, 0.2) is 413 Å². The van der Waals surface area contributed by atoms with E-state index in [2.05, 4.69) is 440 Å². The molecule has 118 heavy (non-hydrogen) atoms. The van der Waals surface area contributed by atoms with Crippen LogP contribution in [0.2, 0.25) is 0 Å². The van der Waals surface area contributed by atoms with Crippen molar-refractivity contribution in [1.29, 1.82) is 0 Å². The monoisotopic (exact) mass is 1500 g/mol. The van der Waals surface area contributed by atoms with Crippen LogP contribution in [-0.4, -0.2) is 0 Å². The molecule has 2 aliphatic carbocycles. The summed E-state index contributed by atoms with van der Waals surface area (Å²) in [7, 11) is 0. The first kappa shape index (κ1) is 69.0. The molecule has 0 radical (unpaired) electrons. The van der Waals surface area contributed by atoms with Gasteiger partial charge < -0.3 is 0 Å². The van der Waals surface area contributed by atoms with Gasteiger partial charge in [0.1, 0.15) is 0 Å². The molecule has 552 valence electrons. The number of hydrogen-bond acceptors (Lipinski definition) is 0. The van der Waals surface area contributed by atoms with E-state index < -0.39 is 0 Å². The van der Waals surface area contributed by atoms with Crippen molar-refractivity contribution in [3.8, 4) is 111 Å². The van der Waals surface area contributed by atoms with Crippen molar-refractivity contribution in [2.75, 3.05) is 0 Å². The summed E-state index contributed by atoms with van der Waals surface area (Å²) >= 11 is 0. The lowest BCUT2D eigenvalue weighted by atomic mass is 9.79. The molecule has 0 saturated heterocycles. The average Bonchev–Trinajstić information content (AvgIpc) is 1.49. The molecule has 24 rings (SSSR count). The lowest BCUT2D eigenvalue weighted by Crippen LogP contribution is -2.15. The van der Waals surface area contributed by atoms with Crippen molar-refractivity contribution >= 4 is 108 Å². The fourth-order valence-electron chi connectivity index (χ4n) is 21.0. The zero-order chi connectivity index (χ0) is 78.5. The number of rotatable bonds is 8. The fraction of sp³-hybridized carbons (Fsp3) is 0.0508. The van der Waals surface area contributed by atoms with E-state index in [1.807, 2.05) is 0 Å². The third-order valence-corrected chi connectivity index (χ3v) is 26.4. The molecule has 22 aromatic rings.